The Morgan fingerprint density at radius 2 is 1.39 bits per heavy atom. The average molecular weight is 235 g/mol. The van der Waals surface area contributed by atoms with Gasteiger partial charge in [0.1, 0.15) is 5.82 Å². The minimum atomic E-state index is 0.600. The maximum atomic E-state index is 5.80. The van der Waals surface area contributed by atoms with Crippen molar-refractivity contribution in [2.75, 3.05) is 5.73 Å². The second-order valence-corrected chi connectivity index (χ2v) is 4.14. The first-order valence-corrected chi connectivity index (χ1v) is 5.79. The summed E-state index contributed by atoms with van der Waals surface area (Å²) in [4.78, 5) is 0. The van der Waals surface area contributed by atoms with Gasteiger partial charge in [0.05, 0.1) is 6.20 Å². The van der Waals surface area contributed by atoms with Crippen LogP contribution in [-0.4, -0.2) is 10.2 Å². The van der Waals surface area contributed by atoms with Crippen LogP contribution in [0.25, 0.3) is 22.3 Å². The third kappa shape index (κ3) is 1.86. The molecule has 3 heteroatoms. The average Bonchev–Trinajstić information content (AvgIpc) is 2.86. The van der Waals surface area contributed by atoms with Crippen LogP contribution in [0.5, 0.6) is 0 Å². The maximum Gasteiger partial charge on any atom is 0.126 e. The van der Waals surface area contributed by atoms with E-state index in [-0.39, 0.29) is 0 Å². The Labute approximate surface area is 105 Å². The van der Waals surface area contributed by atoms with Crippen LogP contribution >= 0.6 is 0 Å². The lowest BCUT2D eigenvalue weighted by molar-refractivity contribution is 1.10. The molecule has 3 N–H and O–H groups in total. The van der Waals surface area contributed by atoms with Crippen molar-refractivity contribution in [2.45, 2.75) is 0 Å². The van der Waals surface area contributed by atoms with Crippen molar-refractivity contribution >= 4 is 5.82 Å². The van der Waals surface area contributed by atoms with E-state index in [1.165, 1.54) is 11.1 Å². The number of anilines is 1. The Morgan fingerprint density at radius 3 is 2.00 bits per heavy atom. The van der Waals surface area contributed by atoms with Gasteiger partial charge >= 0.3 is 0 Å². The quantitative estimate of drug-likeness (QED) is 0.715. The number of aromatic amines is 1. The molecule has 3 rings (SSSR count). The minimum absolute atomic E-state index is 0.600. The number of nitrogen functional groups attached to an aromatic ring is 1. The van der Waals surface area contributed by atoms with E-state index in [0.717, 1.165) is 11.1 Å². The fourth-order valence-electron chi connectivity index (χ4n) is 2.00. The summed E-state index contributed by atoms with van der Waals surface area (Å²) in [5.74, 6) is 0.600. The zero-order chi connectivity index (χ0) is 12.4. The highest BCUT2D eigenvalue weighted by atomic mass is 15.1. The molecule has 3 aromatic rings. The van der Waals surface area contributed by atoms with E-state index in [0.29, 0.717) is 5.82 Å². The van der Waals surface area contributed by atoms with Crippen LogP contribution in [0.15, 0.2) is 60.8 Å². The van der Waals surface area contributed by atoms with Gasteiger partial charge in [0.2, 0.25) is 0 Å². The molecule has 0 saturated heterocycles. The highest BCUT2D eigenvalue weighted by Gasteiger charge is 2.04. The number of aromatic nitrogens is 2. The Balaban J connectivity index is 1.97. The first kappa shape index (κ1) is 10.6. The van der Waals surface area contributed by atoms with Gasteiger partial charge in [-0.15, -0.1) is 0 Å². The molecule has 88 valence electrons. The highest BCUT2D eigenvalue weighted by Crippen LogP contribution is 2.26. The number of H-pyrrole nitrogens is 1. The van der Waals surface area contributed by atoms with Crippen LogP contribution in [0.4, 0.5) is 5.82 Å². The molecule has 3 nitrogen and oxygen atoms in total. The molecule has 0 radical (unpaired) electrons. The maximum absolute atomic E-state index is 5.80. The lowest BCUT2D eigenvalue weighted by Crippen LogP contribution is -1.87. The molecular weight excluding hydrogens is 222 g/mol. The molecule has 0 atom stereocenters. The lowest BCUT2D eigenvalue weighted by Gasteiger charge is -2.03. The number of nitrogens with one attached hydrogen (secondary N) is 1. The molecule has 0 bridgehead atoms. The number of hydrogen-bond acceptors (Lipinski definition) is 2. The van der Waals surface area contributed by atoms with Crippen LogP contribution in [0, 0.1) is 0 Å². The molecule has 0 fully saturated rings. The summed E-state index contributed by atoms with van der Waals surface area (Å²) in [5, 5.41) is 6.67. The molecule has 0 amide bonds. The van der Waals surface area contributed by atoms with Crippen molar-refractivity contribution in [2.24, 2.45) is 0 Å². The predicted molar refractivity (Wildman–Crippen MR) is 73.9 cm³/mol. The topological polar surface area (TPSA) is 54.7 Å². The summed E-state index contributed by atoms with van der Waals surface area (Å²) in [7, 11) is 0. The molecule has 0 saturated carbocycles. The SMILES string of the molecule is Nc1[nH]ncc1-c1ccc(-c2ccccc2)cc1. The first-order valence-electron chi connectivity index (χ1n) is 5.79. The molecule has 0 spiro atoms. The number of hydrogen-bond donors (Lipinski definition) is 2. The smallest absolute Gasteiger partial charge is 0.126 e. The van der Waals surface area contributed by atoms with E-state index in [1.807, 2.05) is 18.2 Å². The van der Waals surface area contributed by atoms with Gasteiger partial charge in [-0.3, -0.25) is 5.10 Å². The number of nitrogens with zero attached hydrogens (tertiary/aromatic N) is 1. The molecule has 2 aromatic carbocycles. The Morgan fingerprint density at radius 1 is 0.778 bits per heavy atom. The van der Waals surface area contributed by atoms with Crippen LogP contribution in [0.2, 0.25) is 0 Å². The Hall–Kier alpha value is -2.55. The summed E-state index contributed by atoms with van der Waals surface area (Å²) >= 11 is 0. The van der Waals surface area contributed by atoms with Gasteiger partial charge in [0.25, 0.3) is 0 Å². The third-order valence-electron chi connectivity index (χ3n) is 2.97. The second kappa shape index (κ2) is 4.37. The standard InChI is InChI=1S/C15H13N3/c16-15-14(10-17-18-15)13-8-6-12(7-9-13)11-4-2-1-3-5-11/h1-10H,(H3,16,17,18). The third-order valence-corrected chi connectivity index (χ3v) is 2.97. The van der Waals surface area contributed by atoms with E-state index in [9.17, 15) is 0 Å². The van der Waals surface area contributed by atoms with Crippen molar-refractivity contribution in [3.63, 3.8) is 0 Å². The van der Waals surface area contributed by atoms with Crippen molar-refractivity contribution in [1.29, 1.82) is 0 Å². The summed E-state index contributed by atoms with van der Waals surface area (Å²) < 4.78 is 0. The van der Waals surface area contributed by atoms with Crippen LogP contribution in [0.1, 0.15) is 0 Å². The van der Waals surface area contributed by atoms with E-state index in [4.69, 9.17) is 5.73 Å². The summed E-state index contributed by atoms with van der Waals surface area (Å²) in [5.41, 5.74) is 10.2. The first-order chi connectivity index (χ1) is 8.84. The number of rotatable bonds is 2. The summed E-state index contributed by atoms with van der Waals surface area (Å²) in [6.07, 6.45) is 1.74. The van der Waals surface area contributed by atoms with E-state index >= 15 is 0 Å². The number of nitrogens with two attached hydrogens (primary N) is 1. The van der Waals surface area contributed by atoms with Crippen molar-refractivity contribution in [3.05, 3.63) is 60.8 Å². The molecular formula is C15H13N3. The predicted octanol–water partition coefficient (Wildman–Crippen LogP) is 3.33. The van der Waals surface area contributed by atoms with E-state index in [1.54, 1.807) is 6.20 Å². The largest absolute Gasteiger partial charge is 0.384 e. The zero-order valence-electron chi connectivity index (χ0n) is 9.80. The fourth-order valence-corrected chi connectivity index (χ4v) is 2.00. The van der Waals surface area contributed by atoms with Gasteiger partial charge in [0, 0.05) is 5.56 Å². The fraction of sp³-hybridized carbons (Fsp3) is 0. The molecule has 1 aromatic heterocycles. The number of benzene rings is 2. The minimum Gasteiger partial charge on any atom is -0.384 e. The van der Waals surface area contributed by atoms with Crippen LogP contribution in [-0.2, 0) is 0 Å². The Bertz CT molecular complexity index is 639. The molecule has 18 heavy (non-hydrogen) atoms. The second-order valence-electron chi connectivity index (χ2n) is 4.14. The van der Waals surface area contributed by atoms with Crippen molar-refractivity contribution in [1.82, 2.24) is 10.2 Å². The summed E-state index contributed by atoms with van der Waals surface area (Å²) in [6, 6.07) is 18.6. The van der Waals surface area contributed by atoms with E-state index < -0.39 is 0 Å². The molecule has 1 heterocycles. The van der Waals surface area contributed by atoms with E-state index in [2.05, 4.69) is 46.6 Å². The highest BCUT2D eigenvalue weighted by molar-refractivity contribution is 5.75. The van der Waals surface area contributed by atoms with Crippen LogP contribution < -0.4 is 5.73 Å². The van der Waals surface area contributed by atoms with Gasteiger partial charge in [-0.05, 0) is 16.7 Å². The summed E-state index contributed by atoms with van der Waals surface area (Å²) in [6.45, 7) is 0. The Kier molecular flexibility index (Phi) is 2.57. The zero-order valence-corrected chi connectivity index (χ0v) is 9.80. The van der Waals surface area contributed by atoms with Gasteiger partial charge in [-0.2, -0.15) is 5.10 Å². The van der Waals surface area contributed by atoms with Crippen LogP contribution in [0.3, 0.4) is 0 Å². The van der Waals surface area contributed by atoms with Crippen molar-refractivity contribution < 1.29 is 0 Å². The lowest BCUT2D eigenvalue weighted by atomic mass is 10.0. The monoisotopic (exact) mass is 235 g/mol. The van der Waals surface area contributed by atoms with Gasteiger partial charge in [0.15, 0.2) is 0 Å². The normalized spacial score (nSPS) is 10.4. The van der Waals surface area contributed by atoms with Gasteiger partial charge < -0.3 is 5.73 Å². The molecule has 0 aliphatic rings. The van der Waals surface area contributed by atoms with Gasteiger partial charge in [-0.25, -0.2) is 0 Å². The molecule has 0 aliphatic carbocycles. The molecule has 0 aliphatic heterocycles. The van der Waals surface area contributed by atoms with Crippen molar-refractivity contribution in [3.8, 4) is 22.3 Å². The van der Waals surface area contributed by atoms with Gasteiger partial charge in [-0.1, -0.05) is 54.6 Å². The molecule has 0 unspecified atom stereocenters.